The van der Waals surface area contributed by atoms with Gasteiger partial charge in [-0.2, -0.15) is 0 Å². The van der Waals surface area contributed by atoms with Crippen LogP contribution >= 0.6 is 0 Å². The fourth-order valence-electron chi connectivity index (χ4n) is 2.68. The van der Waals surface area contributed by atoms with Crippen molar-refractivity contribution in [3.05, 3.63) is 34.9 Å². The van der Waals surface area contributed by atoms with E-state index in [1.54, 1.807) is 0 Å². The third kappa shape index (κ3) is 3.04. The van der Waals surface area contributed by atoms with E-state index in [4.69, 9.17) is 0 Å². The number of hydrogen-bond acceptors (Lipinski definition) is 2. The molecule has 1 saturated heterocycles. The summed E-state index contributed by atoms with van der Waals surface area (Å²) in [6.07, 6.45) is 0.0318. The van der Waals surface area contributed by atoms with Crippen LogP contribution in [-0.4, -0.2) is 23.9 Å². The van der Waals surface area contributed by atoms with Crippen molar-refractivity contribution in [3.63, 3.8) is 0 Å². The van der Waals surface area contributed by atoms with Crippen molar-refractivity contribution < 1.29 is 4.79 Å². The lowest BCUT2D eigenvalue weighted by Crippen LogP contribution is -2.35. The number of carbonyl (C=O) groups is 1. The zero-order valence-corrected chi connectivity index (χ0v) is 13.2. The van der Waals surface area contributed by atoms with Gasteiger partial charge < -0.3 is 4.90 Å². The second-order valence-electron chi connectivity index (χ2n) is 6.41. The average Bonchev–Trinajstić information content (AvgIpc) is 2.71. The summed E-state index contributed by atoms with van der Waals surface area (Å²) < 4.78 is 0. The van der Waals surface area contributed by atoms with E-state index in [0.717, 1.165) is 6.54 Å². The monoisotopic (exact) mass is 274 g/mol. The molecule has 1 aromatic rings. The lowest BCUT2D eigenvalue weighted by molar-refractivity contribution is -0.128. The van der Waals surface area contributed by atoms with Crippen molar-refractivity contribution in [2.24, 2.45) is 11.8 Å². The Morgan fingerprint density at radius 2 is 2.00 bits per heavy atom. The molecule has 2 atom stereocenters. The van der Waals surface area contributed by atoms with Gasteiger partial charge >= 0.3 is 0 Å². The molecule has 20 heavy (non-hydrogen) atoms. The van der Waals surface area contributed by atoms with Crippen LogP contribution < -0.4 is 5.32 Å². The number of rotatable bonds is 4. The molecule has 2 rings (SSSR count). The van der Waals surface area contributed by atoms with E-state index in [2.05, 4.69) is 58.1 Å². The van der Waals surface area contributed by atoms with Gasteiger partial charge in [0.1, 0.15) is 6.17 Å². The molecule has 1 fully saturated rings. The zero-order valence-electron chi connectivity index (χ0n) is 13.2. The second kappa shape index (κ2) is 5.96. The van der Waals surface area contributed by atoms with E-state index in [-0.39, 0.29) is 12.1 Å². The number of nitrogens with zero attached hydrogens (tertiary/aromatic N) is 1. The highest BCUT2D eigenvalue weighted by Crippen LogP contribution is 2.27. The Morgan fingerprint density at radius 3 is 2.60 bits per heavy atom. The molecule has 1 aromatic carbocycles. The molecule has 1 amide bonds. The molecule has 0 aliphatic carbocycles. The van der Waals surface area contributed by atoms with Crippen molar-refractivity contribution in [1.82, 2.24) is 10.2 Å². The molecule has 0 radical (unpaired) electrons. The van der Waals surface area contributed by atoms with Crippen LogP contribution in [0.4, 0.5) is 0 Å². The molecule has 1 aliphatic rings. The van der Waals surface area contributed by atoms with Gasteiger partial charge in [-0.05, 0) is 36.8 Å². The van der Waals surface area contributed by atoms with Crippen LogP contribution in [0.1, 0.15) is 43.6 Å². The molecule has 1 N–H and O–H groups in total. The van der Waals surface area contributed by atoms with Gasteiger partial charge in [-0.15, -0.1) is 0 Å². The number of benzene rings is 1. The Kier molecular flexibility index (Phi) is 4.48. The number of amides is 1. The van der Waals surface area contributed by atoms with Crippen LogP contribution in [0.5, 0.6) is 0 Å². The van der Waals surface area contributed by atoms with Gasteiger partial charge in [-0.3, -0.25) is 10.1 Å². The lowest BCUT2D eigenvalue weighted by Gasteiger charge is -2.30. The topological polar surface area (TPSA) is 32.3 Å². The summed E-state index contributed by atoms with van der Waals surface area (Å²) in [5.41, 5.74) is 3.73. The smallest absolute Gasteiger partial charge is 0.238 e. The molecule has 110 valence electrons. The Balaban J connectivity index is 2.23. The third-order valence-electron chi connectivity index (χ3n) is 4.42. The average molecular weight is 274 g/mol. The molecule has 0 bridgehead atoms. The summed E-state index contributed by atoms with van der Waals surface area (Å²) in [4.78, 5) is 14.2. The molecule has 1 aliphatic heterocycles. The molecule has 2 unspecified atom stereocenters. The maximum absolute atomic E-state index is 12.2. The van der Waals surface area contributed by atoms with E-state index in [0.29, 0.717) is 18.4 Å². The summed E-state index contributed by atoms with van der Waals surface area (Å²) in [5.74, 6) is 1.30. The molecule has 0 aromatic heterocycles. The summed E-state index contributed by atoms with van der Waals surface area (Å²) in [7, 11) is 0. The fourth-order valence-corrected chi connectivity index (χ4v) is 2.68. The van der Waals surface area contributed by atoms with Crippen molar-refractivity contribution in [1.29, 1.82) is 0 Å². The third-order valence-corrected chi connectivity index (χ3v) is 4.42. The standard InChI is InChI=1S/C17H26N2O/c1-11(2)14(5)10-19-16(20)9-18-17(19)15-7-6-12(3)8-13(15)4/h6-8,11,14,17-18H,9-10H2,1-5H3. The predicted octanol–water partition coefficient (Wildman–Crippen LogP) is 3.03. The Bertz CT molecular complexity index is 496. The predicted molar refractivity (Wildman–Crippen MR) is 82.4 cm³/mol. The van der Waals surface area contributed by atoms with Crippen LogP contribution in [0.2, 0.25) is 0 Å². The maximum Gasteiger partial charge on any atom is 0.238 e. The van der Waals surface area contributed by atoms with E-state index in [9.17, 15) is 4.79 Å². The maximum atomic E-state index is 12.2. The number of nitrogens with one attached hydrogen (secondary N) is 1. The summed E-state index contributed by atoms with van der Waals surface area (Å²) in [5, 5.41) is 3.35. The molecular weight excluding hydrogens is 248 g/mol. The molecule has 1 heterocycles. The van der Waals surface area contributed by atoms with Crippen molar-refractivity contribution in [3.8, 4) is 0 Å². The summed E-state index contributed by atoms with van der Waals surface area (Å²) >= 11 is 0. The first kappa shape index (κ1) is 15.0. The zero-order chi connectivity index (χ0) is 14.9. The first-order valence-corrected chi connectivity index (χ1v) is 7.50. The van der Waals surface area contributed by atoms with Crippen LogP contribution in [-0.2, 0) is 4.79 Å². The highest BCUT2D eigenvalue weighted by molar-refractivity contribution is 5.81. The van der Waals surface area contributed by atoms with Crippen LogP contribution in [0, 0.1) is 25.7 Å². The van der Waals surface area contributed by atoms with Crippen molar-refractivity contribution in [2.45, 2.75) is 40.8 Å². The summed E-state index contributed by atoms with van der Waals surface area (Å²) in [6.45, 7) is 12.1. The largest absolute Gasteiger partial charge is 0.322 e. The van der Waals surface area contributed by atoms with Crippen molar-refractivity contribution in [2.75, 3.05) is 13.1 Å². The van der Waals surface area contributed by atoms with E-state index < -0.39 is 0 Å². The Hall–Kier alpha value is -1.35. The van der Waals surface area contributed by atoms with Gasteiger partial charge in [0.05, 0.1) is 6.54 Å². The molecule has 3 nitrogen and oxygen atoms in total. The van der Waals surface area contributed by atoms with Gasteiger partial charge in [0.2, 0.25) is 5.91 Å². The van der Waals surface area contributed by atoms with Crippen LogP contribution in [0.25, 0.3) is 0 Å². The minimum absolute atomic E-state index is 0.0318. The second-order valence-corrected chi connectivity index (χ2v) is 6.41. The van der Waals surface area contributed by atoms with Gasteiger partial charge in [0.15, 0.2) is 0 Å². The van der Waals surface area contributed by atoms with Crippen LogP contribution in [0.15, 0.2) is 18.2 Å². The molecule has 3 heteroatoms. The molecule has 0 saturated carbocycles. The van der Waals surface area contributed by atoms with E-state index in [1.165, 1.54) is 16.7 Å². The number of carbonyl (C=O) groups excluding carboxylic acids is 1. The Morgan fingerprint density at radius 1 is 1.30 bits per heavy atom. The van der Waals surface area contributed by atoms with Gasteiger partial charge in [-0.25, -0.2) is 0 Å². The van der Waals surface area contributed by atoms with E-state index >= 15 is 0 Å². The lowest BCUT2D eigenvalue weighted by atomic mass is 9.96. The first-order valence-electron chi connectivity index (χ1n) is 7.50. The van der Waals surface area contributed by atoms with Gasteiger partial charge in [-0.1, -0.05) is 44.5 Å². The normalized spacial score (nSPS) is 20.8. The van der Waals surface area contributed by atoms with E-state index in [1.807, 2.05) is 4.90 Å². The minimum Gasteiger partial charge on any atom is -0.322 e. The van der Waals surface area contributed by atoms with Crippen molar-refractivity contribution >= 4 is 5.91 Å². The number of hydrogen-bond donors (Lipinski definition) is 1. The quantitative estimate of drug-likeness (QED) is 0.915. The highest BCUT2D eigenvalue weighted by atomic mass is 16.2. The fraction of sp³-hybridized carbons (Fsp3) is 0.588. The minimum atomic E-state index is 0.0318. The highest BCUT2D eigenvalue weighted by Gasteiger charge is 2.33. The Labute approximate surface area is 122 Å². The first-order chi connectivity index (χ1) is 9.40. The molecular formula is C17H26N2O. The molecule has 0 spiro atoms. The van der Waals surface area contributed by atoms with Gasteiger partial charge in [0, 0.05) is 6.54 Å². The SMILES string of the molecule is Cc1ccc(C2NCC(=O)N2CC(C)C(C)C)c(C)c1. The summed E-state index contributed by atoms with van der Waals surface area (Å²) in [6, 6.07) is 6.45. The number of aryl methyl sites for hydroxylation is 2. The van der Waals surface area contributed by atoms with Gasteiger partial charge in [0.25, 0.3) is 0 Å². The van der Waals surface area contributed by atoms with Crippen LogP contribution in [0.3, 0.4) is 0 Å².